The Labute approximate surface area is 117 Å². The van der Waals surface area contributed by atoms with Gasteiger partial charge in [0.15, 0.2) is 11.6 Å². The average molecular weight is 308 g/mol. The molecule has 1 aromatic carbocycles. The van der Waals surface area contributed by atoms with Gasteiger partial charge >= 0.3 is 0 Å². The molecule has 1 heterocycles. The molecule has 7 heteroatoms. The number of aromatic nitrogens is 1. The van der Waals surface area contributed by atoms with Gasteiger partial charge in [-0.25, -0.2) is 4.39 Å². The van der Waals surface area contributed by atoms with E-state index in [9.17, 15) is 4.39 Å². The van der Waals surface area contributed by atoms with E-state index in [4.69, 9.17) is 45.3 Å². The van der Waals surface area contributed by atoms with E-state index in [1.54, 1.807) is 0 Å². The smallest absolute Gasteiger partial charge is 0.240 e. The van der Waals surface area contributed by atoms with Crippen LogP contribution in [-0.4, -0.2) is 4.98 Å². The maximum atomic E-state index is 13.6. The highest BCUT2D eigenvalue weighted by atomic mass is 35.5. The molecular formula is C11H6Cl3FN2O. The Morgan fingerprint density at radius 2 is 1.83 bits per heavy atom. The molecule has 0 saturated carbocycles. The Balaban J connectivity index is 2.40. The molecule has 2 aromatic rings. The molecule has 18 heavy (non-hydrogen) atoms. The third-order valence-electron chi connectivity index (χ3n) is 2.05. The van der Waals surface area contributed by atoms with Crippen LogP contribution < -0.4 is 10.5 Å². The first-order chi connectivity index (χ1) is 8.49. The zero-order chi connectivity index (χ0) is 13.3. The van der Waals surface area contributed by atoms with Gasteiger partial charge < -0.3 is 10.5 Å². The van der Waals surface area contributed by atoms with Crippen molar-refractivity contribution in [3.63, 3.8) is 0 Å². The number of benzene rings is 1. The quantitative estimate of drug-likeness (QED) is 0.885. The molecule has 0 aliphatic heterocycles. The number of rotatable bonds is 2. The second-order valence-electron chi connectivity index (χ2n) is 3.30. The predicted octanol–water partition coefficient (Wildman–Crippen LogP) is 4.56. The van der Waals surface area contributed by atoms with Crippen LogP contribution in [0.25, 0.3) is 0 Å². The number of hydrogen-bond donors (Lipinski definition) is 1. The van der Waals surface area contributed by atoms with Crippen molar-refractivity contribution in [2.75, 3.05) is 5.73 Å². The number of nitrogens with zero attached hydrogens (tertiary/aromatic N) is 1. The Bertz CT molecular complexity index is 607. The normalized spacial score (nSPS) is 10.4. The number of nitrogen functional groups attached to an aromatic ring is 1. The van der Waals surface area contributed by atoms with Gasteiger partial charge in [0.25, 0.3) is 0 Å². The largest absolute Gasteiger partial charge is 0.434 e. The van der Waals surface area contributed by atoms with Gasteiger partial charge in [0.1, 0.15) is 10.8 Å². The van der Waals surface area contributed by atoms with E-state index >= 15 is 0 Å². The van der Waals surface area contributed by atoms with Crippen LogP contribution in [0.5, 0.6) is 11.6 Å². The summed E-state index contributed by atoms with van der Waals surface area (Å²) >= 11 is 17.2. The number of pyridine rings is 1. The molecule has 0 aliphatic carbocycles. The summed E-state index contributed by atoms with van der Waals surface area (Å²) in [6.45, 7) is 0. The van der Waals surface area contributed by atoms with Crippen molar-refractivity contribution in [3.8, 4) is 11.6 Å². The zero-order valence-electron chi connectivity index (χ0n) is 8.75. The first kappa shape index (κ1) is 13.2. The Morgan fingerprint density at radius 1 is 1.11 bits per heavy atom. The summed E-state index contributed by atoms with van der Waals surface area (Å²) in [6, 6.07) is 5.69. The van der Waals surface area contributed by atoms with Crippen LogP contribution in [0.1, 0.15) is 0 Å². The minimum atomic E-state index is -0.703. The predicted molar refractivity (Wildman–Crippen MR) is 70.2 cm³/mol. The number of hydrogen-bond acceptors (Lipinski definition) is 3. The maximum absolute atomic E-state index is 13.6. The maximum Gasteiger partial charge on any atom is 0.240 e. The molecule has 0 unspecified atom stereocenters. The highest BCUT2D eigenvalue weighted by Gasteiger charge is 2.13. The van der Waals surface area contributed by atoms with E-state index in [2.05, 4.69) is 4.98 Å². The summed E-state index contributed by atoms with van der Waals surface area (Å²) in [5.41, 5.74) is 5.51. The lowest BCUT2D eigenvalue weighted by Gasteiger charge is -2.09. The van der Waals surface area contributed by atoms with Gasteiger partial charge in [-0.05, 0) is 18.2 Å². The van der Waals surface area contributed by atoms with Gasteiger partial charge in [-0.1, -0.05) is 40.9 Å². The van der Waals surface area contributed by atoms with Crippen molar-refractivity contribution in [1.29, 1.82) is 0 Å². The van der Waals surface area contributed by atoms with Gasteiger partial charge in [0.05, 0.1) is 10.0 Å². The fourth-order valence-electron chi connectivity index (χ4n) is 1.20. The van der Waals surface area contributed by atoms with Gasteiger partial charge in [-0.3, -0.25) is 0 Å². The molecule has 0 saturated heterocycles. The molecule has 0 amide bonds. The third-order valence-corrected chi connectivity index (χ3v) is 2.91. The van der Waals surface area contributed by atoms with Crippen molar-refractivity contribution in [2.24, 2.45) is 0 Å². The van der Waals surface area contributed by atoms with Crippen LogP contribution in [0, 0.1) is 5.82 Å². The van der Waals surface area contributed by atoms with Crippen LogP contribution in [0.3, 0.4) is 0 Å². The molecule has 0 spiro atoms. The summed E-state index contributed by atoms with van der Waals surface area (Å²) in [6.07, 6.45) is 0. The van der Waals surface area contributed by atoms with E-state index in [-0.39, 0.29) is 32.5 Å². The second kappa shape index (κ2) is 5.18. The first-order valence-corrected chi connectivity index (χ1v) is 5.86. The standard InChI is InChI=1S/C11H6Cl3FN2O/c12-5-2-1-3-8(9(5)15)18-11-7(14)4-6(13)10(16)17-11/h1-4H,(H2,16,17). The highest BCUT2D eigenvalue weighted by molar-refractivity contribution is 6.36. The lowest BCUT2D eigenvalue weighted by atomic mass is 10.3. The molecule has 0 atom stereocenters. The molecule has 1 aromatic heterocycles. The van der Waals surface area contributed by atoms with Crippen LogP contribution >= 0.6 is 34.8 Å². The van der Waals surface area contributed by atoms with Crippen LogP contribution in [0.4, 0.5) is 10.2 Å². The molecule has 0 bridgehead atoms. The number of nitrogens with two attached hydrogens (primary N) is 1. The fourth-order valence-corrected chi connectivity index (χ4v) is 1.76. The minimum Gasteiger partial charge on any atom is -0.434 e. The monoisotopic (exact) mass is 306 g/mol. The number of anilines is 1. The van der Waals surface area contributed by atoms with E-state index in [1.807, 2.05) is 0 Å². The minimum absolute atomic E-state index is 0.0403. The number of halogens is 4. The summed E-state index contributed by atoms with van der Waals surface area (Å²) in [7, 11) is 0. The van der Waals surface area contributed by atoms with Crippen molar-refractivity contribution in [2.45, 2.75) is 0 Å². The molecule has 94 valence electrons. The van der Waals surface area contributed by atoms with E-state index in [1.165, 1.54) is 24.3 Å². The molecule has 2 N–H and O–H groups in total. The Hall–Kier alpha value is -1.23. The van der Waals surface area contributed by atoms with Crippen molar-refractivity contribution >= 4 is 40.6 Å². The van der Waals surface area contributed by atoms with Gasteiger partial charge in [0, 0.05) is 0 Å². The molecular weight excluding hydrogens is 301 g/mol. The third kappa shape index (κ3) is 2.61. The fraction of sp³-hybridized carbons (Fsp3) is 0. The van der Waals surface area contributed by atoms with Crippen molar-refractivity contribution in [3.05, 3.63) is 45.2 Å². The molecule has 3 nitrogen and oxygen atoms in total. The van der Waals surface area contributed by atoms with E-state index < -0.39 is 5.82 Å². The van der Waals surface area contributed by atoms with Crippen LogP contribution in [0.2, 0.25) is 15.1 Å². The van der Waals surface area contributed by atoms with Gasteiger partial charge in [-0.15, -0.1) is 0 Å². The summed E-state index contributed by atoms with van der Waals surface area (Å²) in [5, 5.41) is 0.248. The van der Waals surface area contributed by atoms with Crippen LogP contribution in [-0.2, 0) is 0 Å². The molecule has 0 aliphatic rings. The SMILES string of the molecule is Nc1nc(Oc2cccc(Cl)c2F)c(Cl)cc1Cl. The zero-order valence-corrected chi connectivity index (χ0v) is 11.0. The molecule has 0 fully saturated rings. The summed E-state index contributed by atoms with van der Waals surface area (Å²) in [4.78, 5) is 3.82. The lowest BCUT2D eigenvalue weighted by Crippen LogP contribution is -1.97. The lowest BCUT2D eigenvalue weighted by molar-refractivity contribution is 0.428. The summed E-state index contributed by atoms with van der Waals surface area (Å²) < 4.78 is 18.8. The van der Waals surface area contributed by atoms with E-state index in [0.29, 0.717) is 0 Å². The van der Waals surface area contributed by atoms with Crippen LogP contribution in [0.15, 0.2) is 24.3 Å². The van der Waals surface area contributed by atoms with Gasteiger partial charge in [-0.2, -0.15) is 4.98 Å². The second-order valence-corrected chi connectivity index (χ2v) is 4.52. The number of ether oxygens (including phenoxy) is 1. The first-order valence-electron chi connectivity index (χ1n) is 4.72. The highest BCUT2D eigenvalue weighted by Crippen LogP contribution is 2.34. The summed E-state index contributed by atoms with van der Waals surface area (Å²) in [5.74, 6) is -0.803. The van der Waals surface area contributed by atoms with Gasteiger partial charge in [0.2, 0.25) is 5.88 Å². The average Bonchev–Trinajstić information content (AvgIpc) is 2.32. The topological polar surface area (TPSA) is 48.1 Å². The van der Waals surface area contributed by atoms with E-state index in [0.717, 1.165) is 0 Å². The van der Waals surface area contributed by atoms with Crippen molar-refractivity contribution in [1.82, 2.24) is 4.98 Å². The Morgan fingerprint density at radius 3 is 2.56 bits per heavy atom. The molecule has 0 radical (unpaired) electrons. The molecule has 2 rings (SSSR count). The van der Waals surface area contributed by atoms with Crippen molar-refractivity contribution < 1.29 is 9.13 Å². The Kier molecular flexibility index (Phi) is 3.80.